The number of rotatable bonds is 12. The molecule has 0 aliphatic heterocycles. The van der Waals surface area contributed by atoms with Crippen molar-refractivity contribution in [2.45, 2.75) is 185 Å². The highest BCUT2D eigenvalue weighted by atomic mass is 16.3. The molecule has 4 unspecified atom stereocenters. The minimum absolute atomic E-state index is 0.0702. The smallest absolute Gasteiger partial charge is 0.216 e. The Morgan fingerprint density at radius 3 is 1.03 bits per heavy atom. The largest absolute Gasteiger partial charge is 0.455 e. The first kappa shape index (κ1) is 49.8. The summed E-state index contributed by atoms with van der Waals surface area (Å²) >= 11 is 0. The van der Waals surface area contributed by atoms with E-state index in [1.54, 1.807) is 115 Å². The van der Waals surface area contributed by atoms with Crippen molar-refractivity contribution in [1.82, 2.24) is 0 Å². The van der Waals surface area contributed by atoms with Crippen LogP contribution in [0.15, 0.2) is 285 Å². The van der Waals surface area contributed by atoms with E-state index in [1.807, 2.05) is 161 Å². The fraction of sp³-hybridized carbons (Fsp3) is 0.281. The molecule has 4 atom stereocenters. The molecule has 0 amide bonds. The molecule has 0 bridgehead atoms. The first-order chi connectivity index (χ1) is 84.5. The molecule has 8 nitrogen and oxygen atoms in total. The summed E-state index contributed by atoms with van der Waals surface area (Å²) in [5.41, 5.74) is 11.3. The highest BCUT2D eigenvalue weighted by molar-refractivity contribution is 6.19. The van der Waals surface area contributed by atoms with Crippen LogP contribution in [0.25, 0.3) is 177 Å². The van der Waals surface area contributed by atoms with Crippen molar-refractivity contribution in [3.63, 3.8) is 0 Å². The van der Waals surface area contributed by atoms with Crippen LogP contribution in [-0.2, 0) is 49.9 Å². The quantitative estimate of drug-likeness (QED) is 0.114. The van der Waals surface area contributed by atoms with E-state index in [2.05, 4.69) is 0 Å². The van der Waals surface area contributed by atoms with Gasteiger partial charge >= 0.3 is 0 Å². The van der Waals surface area contributed by atoms with Crippen LogP contribution in [0.3, 0.4) is 0 Å². The normalized spacial score (nSPS) is 23.6. The zero-order chi connectivity index (χ0) is 136. The summed E-state index contributed by atoms with van der Waals surface area (Å²) in [5, 5.41) is 5.63. The highest BCUT2D eigenvalue weighted by Gasteiger charge is 2.51. The van der Waals surface area contributed by atoms with Crippen LogP contribution in [-0.4, -0.2) is 0 Å². The molecule has 0 saturated carbocycles. The van der Waals surface area contributed by atoms with Gasteiger partial charge in [-0.3, -0.25) is 0 Å². The van der Waals surface area contributed by atoms with Crippen LogP contribution < -0.4 is 18.3 Å². The summed E-state index contributed by atoms with van der Waals surface area (Å²) in [5.74, 6) is -13.9. The van der Waals surface area contributed by atoms with Gasteiger partial charge in [-0.2, -0.15) is 0 Å². The van der Waals surface area contributed by atoms with Gasteiger partial charge in [0.1, 0.15) is 72.9 Å². The zero-order valence-electron chi connectivity index (χ0n) is 124. The standard InChI is InChI=1S/C35H38NO.C33H34NO.C31H30NO.C29H26NO/c1-21(2)18-35(19-22(3)4)28-11-9-8-10-27(28)32-29(35)16-15-26-25-14-13-24(6)31(33(25)37-34(26)32)30-17-12-23(5)20-36(30)7;1-19(2)33(20(3)4)26-11-9-8-10-25(26)30-27(33)16-15-24-23-14-13-22(6)29(31(23)35-32(24)30)28-17-12-21(5)18-34(28)7;1-6-31(7-2)24-11-9-8-10-23(24)28-25(31)16-15-22-21-14-13-20(4)27(29(21)33-30(22)28)26-17-12-19(3)18-32(26)5;1-17-10-15-24(30(5)16-17)25-18(2)11-12-21-22-14-13-20-19-8-6-7-9-23(19)29(3,4)26(20)28(22)31-27(21)25/h8-17,20-22H,18-19H2,1-7H3;8-20H,1-7H3;8-18H,6-7H2,1-5H3;6-16H,1-5H3/q4*+1/i1D3,2D3,3D3,4D3,5D3,18D2,21D,22D;1D3,2D3,3D3,5D3,19D,20D;1D3,2D3,3D3;1D3,3D3. The van der Waals surface area contributed by atoms with Gasteiger partial charge in [0.25, 0.3) is 0 Å². The molecule has 4 aliphatic carbocycles. The van der Waals surface area contributed by atoms with E-state index < -0.39 is 154 Å². The number of fused-ring (bicyclic) bond motifs is 28. The molecule has 0 radical (unpaired) electrons. The number of hydrogen-bond donors (Lipinski definition) is 0. The molecule has 8 aromatic heterocycles. The molecular weight excluding hydrogens is 1660 g/mol. The Balaban J connectivity index is 0.000000138. The predicted octanol–water partition coefficient (Wildman–Crippen LogP) is 32.1. The Kier molecular flexibility index (Phi) is 12.1. The maximum atomic E-state index is 9.70. The van der Waals surface area contributed by atoms with Crippen molar-refractivity contribution in [3.8, 4) is 89.5 Å². The Morgan fingerprint density at radius 1 is 0.309 bits per heavy atom. The Morgan fingerprint density at radius 2 is 0.640 bits per heavy atom. The molecule has 136 heavy (non-hydrogen) atoms. The van der Waals surface area contributed by atoms with Crippen LogP contribution in [0.1, 0.15) is 263 Å². The third-order valence-electron chi connectivity index (χ3n) is 28.6. The monoisotopic (exact) mass is 1830 g/mol. The van der Waals surface area contributed by atoms with E-state index in [0.29, 0.717) is 94.2 Å². The summed E-state index contributed by atoms with van der Waals surface area (Å²) in [4.78, 5) is 0. The van der Waals surface area contributed by atoms with Crippen LogP contribution in [0.4, 0.5) is 0 Å². The molecular formula is C128H128N4O4+4. The number of pyridine rings is 4. The number of furan rings is 4. The van der Waals surface area contributed by atoms with E-state index in [1.165, 1.54) is 73.1 Å². The molecule has 8 heterocycles. The number of aryl methyl sites for hydroxylation is 12. The minimum Gasteiger partial charge on any atom is -0.455 e. The predicted molar refractivity (Wildman–Crippen MR) is 565 cm³/mol. The maximum absolute atomic E-state index is 9.70. The highest BCUT2D eigenvalue weighted by Crippen LogP contribution is 2.63. The lowest BCUT2D eigenvalue weighted by Gasteiger charge is -2.40. The third-order valence-corrected chi connectivity index (χ3v) is 28.6. The molecule has 20 aromatic rings. The van der Waals surface area contributed by atoms with Gasteiger partial charge < -0.3 is 17.7 Å². The van der Waals surface area contributed by atoms with E-state index in [0.717, 1.165) is 101 Å². The van der Waals surface area contributed by atoms with Crippen LogP contribution in [0.5, 0.6) is 0 Å². The van der Waals surface area contributed by atoms with Gasteiger partial charge in [-0.1, -0.05) is 270 Å². The van der Waals surface area contributed by atoms with Gasteiger partial charge in [-0.15, -0.1) is 0 Å². The van der Waals surface area contributed by atoms with Crippen molar-refractivity contribution >= 4 is 87.8 Å². The second kappa shape index (κ2) is 33.2. The number of hydrogen-bond acceptors (Lipinski definition) is 4. The maximum Gasteiger partial charge on any atom is 0.216 e. The zero-order valence-corrected chi connectivity index (χ0v) is 76.4. The van der Waals surface area contributed by atoms with Crippen LogP contribution >= 0.6 is 0 Å². The van der Waals surface area contributed by atoms with Crippen molar-refractivity contribution < 1.29 is 102 Å². The van der Waals surface area contributed by atoms with Crippen LogP contribution in [0.2, 0.25) is 0 Å². The second-order valence-electron chi connectivity index (χ2n) is 36.6. The van der Waals surface area contributed by atoms with Gasteiger partial charge in [0.15, 0.2) is 24.8 Å². The summed E-state index contributed by atoms with van der Waals surface area (Å²) in [6.07, 6.45) is 0.262. The topological polar surface area (TPSA) is 68.1 Å². The molecule has 0 saturated heterocycles. The lowest BCUT2D eigenvalue weighted by Crippen LogP contribution is -2.37. The van der Waals surface area contributed by atoms with E-state index in [9.17, 15) is 6.85 Å². The molecule has 0 spiro atoms. The fourth-order valence-electron chi connectivity index (χ4n) is 22.4. The van der Waals surface area contributed by atoms with Gasteiger partial charge in [0.2, 0.25) is 22.8 Å². The lowest BCUT2D eigenvalue weighted by atomic mass is 9.63. The van der Waals surface area contributed by atoms with Gasteiger partial charge in [0.05, 0.1) is 22.3 Å². The number of aromatic nitrogens is 4. The van der Waals surface area contributed by atoms with Gasteiger partial charge in [-0.05, 0) is 224 Å². The van der Waals surface area contributed by atoms with Crippen molar-refractivity contribution in [1.29, 1.82) is 0 Å². The molecule has 0 N–H and O–H groups in total. The summed E-state index contributed by atoms with van der Waals surface area (Å²) in [6.45, 7) is -31.3. The summed E-state index contributed by atoms with van der Waals surface area (Å²) < 4.78 is 435. The Labute approximate surface area is 869 Å². The van der Waals surface area contributed by atoms with Crippen LogP contribution in [0, 0.1) is 78.7 Å². The summed E-state index contributed by atoms with van der Waals surface area (Å²) in [6, 6.07) is 69.1. The van der Waals surface area contributed by atoms with Crippen molar-refractivity contribution in [3.05, 3.63) is 356 Å². The van der Waals surface area contributed by atoms with E-state index in [4.69, 9.17) is 76.6 Å². The average molecular weight is 1830 g/mol. The molecule has 4 aliphatic rings. The second-order valence-corrected chi connectivity index (χ2v) is 36.6. The first-order valence-electron chi connectivity index (χ1n) is 68.9. The third kappa shape index (κ3) is 13.4. The average Bonchev–Trinajstić information content (AvgIpc) is 1.47. The lowest BCUT2D eigenvalue weighted by molar-refractivity contribution is -0.660. The molecule has 8 heteroatoms. The fourth-order valence-corrected chi connectivity index (χ4v) is 22.4. The molecule has 12 aromatic carbocycles. The molecule has 680 valence electrons. The van der Waals surface area contributed by atoms with Gasteiger partial charge in [0, 0.05) is 199 Å². The van der Waals surface area contributed by atoms with Crippen molar-refractivity contribution in [2.75, 3.05) is 0 Å². The SMILES string of the molecule is [2H]C([2H])([2H])CC1(CC([2H])([2H])[2H])c2ccccc2-c2c1ccc1c2oc2c(-c3ccc(C([2H])([2H])[2H])c[n+]3C)c(C)ccc21.[2H]C([2H])([2H])c1ccc(-c2c(C)ccc3c2oc2c4c(ccc23)-c2ccccc2C4(C)C([2H])([2H])[2H])[n+](C)c1.[2H]C([2H])([2H])c1ccc(-c2c(C)ccc3c2oc2c4c(ccc23)C(C([2H])(C)C([2H])([2H])[2H])(C([2H])(C([2H])([2H])[2H])C([2H])([2H])[2H])c2ccccc2-4)[n+](C)c1.[2H]C([2H])([2H])c1ccc(-c2c(C)ccc3c2oc2c4c(ccc23)C(CC([2H])(C([2H])([2H])[2H])C([2H])([2H])[2H])(C([2H])([2H])C([2H])(C([2H])([2H])[2H])C([2H])([2H])[2H])c2ccccc2-4)[n+](C)c1. The van der Waals surface area contributed by atoms with E-state index >= 15 is 0 Å². The van der Waals surface area contributed by atoms with Gasteiger partial charge in [-0.25, -0.2) is 18.3 Å². The molecule has 0 fully saturated rings. The van der Waals surface area contributed by atoms with E-state index in [-0.39, 0.29) is 90.8 Å². The Bertz CT molecular complexity index is 10400. The Hall–Kier alpha value is -13.6. The number of benzene rings is 12. The first-order valence-corrected chi connectivity index (χ1v) is 44.9. The van der Waals surface area contributed by atoms with Crippen molar-refractivity contribution in [2.24, 2.45) is 51.8 Å². The molecule has 24 rings (SSSR count). The summed E-state index contributed by atoms with van der Waals surface area (Å²) in [7, 11) is 7.01. The number of nitrogens with zero attached hydrogens (tertiary/aromatic N) is 4. The minimum atomic E-state index is -4.02.